The minimum absolute atomic E-state index is 0.303. The van der Waals surface area contributed by atoms with Gasteiger partial charge in [0, 0.05) is 16.2 Å². The van der Waals surface area contributed by atoms with Crippen LogP contribution in [0.25, 0.3) is 0 Å². The maximum atomic E-state index is 11.9. The number of benzene rings is 1. The molecule has 4 nitrogen and oxygen atoms in total. The number of rotatable bonds is 4. The van der Waals surface area contributed by atoms with E-state index in [1.807, 2.05) is 0 Å². The lowest BCUT2D eigenvalue weighted by Crippen LogP contribution is -2.37. The van der Waals surface area contributed by atoms with E-state index in [0.717, 1.165) is 17.4 Å². The van der Waals surface area contributed by atoms with Crippen LogP contribution in [0.2, 0.25) is 0 Å². The highest BCUT2D eigenvalue weighted by atomic mass is 79.9. The predicted octanol–water partition coefficient (Wildman–Crippen LogP) is 3.06. The molecule has 0 aromatic heterocycles. The van der Waals surface area contributed by atoms with E-state index in [4.69, 9.17) is 10.5 Å². The van der Waals surface area contributed by atoms with Gasteiger partial charge in [0.2, 0.25) is 0 Å². The van der Waals surface area contributed by atoms with Gasteiger partial charge in [-0.1, -0.05) is 6.42 Å². The molecule has 110 valence electrons. The zero-order valence-corrected chi connectivity index (χ0v) is 13.4. The Labute approximate surface area is 128 Å². The maximum Gasteiger partial charge on any atom is 0.338 e. The number of nitrogens with zero attached hydrogens (tertiary/aromatic N) is 1. The van der Waals surface area contributed by atoms with Crippen LogP contribution in [0.5, 0.6) is 0 Å². The Morgan fingerprint density at radius 1 is 1.50 bits per heavy atom. The van der Waals surface area contributed by atoms with Gasteiger partial charge in [0.15, 0.2) is 0 Å². The van der Waals surface area contributed by atoms with Crippen molar-refractivity contribution in [1.82, 2.24) is 4.90 Å². The maximum absolute atomic E-state index is 11.9. The second kappa shape index (κ2) is 7.09. The van der Waals surface area contributed by atoms with Gasteiger partial charge in [-0.25, -0.2) is 4.79 Å². The van der Waals surface area contributed by atoms with Gasteiger partial charge in [0.1, 0.15) is 0 Å². The summed E-state index contributed by atoms with van der Waals surface area (Å²) in [7, 11) is 2.14. The lowest BCUT2D eigenvalue weighted by Gasteiger charge is -2.32. The number of likely N-dealkylation sites (tertiary alicyclic amines) is 1. The van der Waals surface area contributed by atoms with Crippen molar-refractivity contribution in [2.24, 2.45) is 0 Å². The van der Waals surface area contributed by atoms with E-state index in [1.54, 1.807) is 18.2 Å². The first kappa shape index (κ1) is 15.3. The van der Waals surface area contributed by atoms with Crippen LogP contribution in [0.3, 0.4) is 0 Å². The fourth-order valence-electron chi connectivity index (χ4n) is 2.55. The molecule has 1 fully saturated rings. The summed E-state index contributed by atoms with van der Waals surface area (Å²) in [6, 6.07) is 5.65. The molecule has 1 heterocycles. The van der Waals surface area contributed by atoms with Crippen LogP contribution in [0, 0.1) is 0 Å². The monoisotopic (exact) mass is 340 g/mol. The Morgan fingerprint density at radius 2 is 2.30 bits per heavy atom. The molecule has 1 aromatic carbocycles. The summed E-state index contributed by atoms with van der Waals surface area (Å²) in [6.07, 6.45) is 4.63. The highest BCUT2D eigenvalue weighted by Crippen LogP contribution is 2.21. The topological polar surface area (TPSA) is 55.6 Å². The molecule has 1 saturated heterocycles. The average molecular weight is 341 g/mol. The van der Waals surface area contributed by atoms with Crippen LogP contribution in [0.4, 0.5) is 5.69 Å². The second-order valence-electron chi connectivity index (χ2n) is 5.29. The van der Waals surface area contributed by atoms with E-state index in [2.05, 4.69) is 27.9 Å². The minimum Gasteiger partial charge on any atom is -0.462 e. The number of halogens is 1. The van der Waals surface area contributed by atoms with Gasteiger partial charge in [0.25, 0.3) is 0 Å². The van der Waals surface area contributed by atoms with Crippen LogP contribution >= 0.6 is 15.9 Å². The molecule has 0 amide bonds. The van der Waals surface area contributed by atoms with Gasteiger partial charge >= 0.3 is 5.97 Å². The van der Waals surface area contributed by atoms with Crippen LogP contribution in [-0.2, 0) is 4.74 Å². The van der Waals surface area contributed by atoms with Crippen molar-refractivity contribution < 1.29 is 9.53 Å². The van der Waals surface area contributed by atoms with Gasteiger partial charge in [0.05, 0.1) is 12.2 Å². The predicted molar refractivity (Wildman–Crippen MR) is 83.7 cm³/mol. The van der Waals surface area contributed by atoms with Gasteiger partial charge < -0.3 is 15.4 Å². The van der Waals surface area contributed by atoms with E-state index in [1.165, 1.54) is 19.3 Å². The Balaban J connectivity index is 1.81. The smallest absolute Gasteiger partial charge is 0.338 e. The van der Waals surface area contributed by atoms with Crippen molar-refractivity contribution >= 4 is 27.6 Å². The fraction of sp³-hybridized carbons (Fsp3) is 0.533. The van der Waals surface area contributed by atoms with Gasteiger partial charge in [-0.05, 0) is 67.0 Å². The summed E-state index contributed by atoms with van der Waals surface area (Å²) >= 11 is 3.31. The summed E-state index contributed by atoms with van der Waals surface area (Å²) in [6.45, 7) is 1.60. The molecule has 0 spiro atoms. The molecule has 0 aliphatic carbocycles. The van der Waals surface area contributed by atoms with Crippen LogP contribution in [0.1, 0.15) is 36.0 Å². The third kappa shape index (κ3) is 3.96. The molecule has 5 heteroatoms. The minimum atomic E-state index is -0.303. The quantitative estimate of drug-likeness (QED) is 0.676. The zero-order valence-electron chi connectivity index (χ0n) is 11.8. The Hall–Kier alpha value is -1.07. The van der Waals surface area contributed by atoms with E-state index in [9.17, 15) is 4.79 Å². The van der Waals surface area contributed by atoms with Crippen molar-refractivity contribution in [2.45, 2.75) is 31.7 Å². The van der Waals surface area contributed by atoms with Crippen LogP contribution < -0.4 is 5.73 Å². The molecular formula is C15H21BrN2O2. The molecule has 0 bridgehead atoms. The number of hydrogen-bond acceptors (Lipinski definition) is 4. The number of carbonyl (C=O) groups is 1. The van der Waals surface area contributed by atoms with Gasteiger partial charge in [-0.15, -0.1) is 0 Å². The molecule has 0 radical (unpaired) electrons. The zero-order chi connectivity index (χ0) is 14.5. The number of nitrogens with two attached hydrogens (primary N) is 1. The largest absolute Gasteiger partial charge is 0.462 e. The number of nitrogen functional groups attached to an aromatic ring is 1. The normalized spacial score (nSPS) is 19.8. The summed E-state index contributed by atoms with van der Waals surface area (Å²) in [5, 5.41) is 0. The summed E-state index contributed by atoms with van der Waals surface area (Å²) in [5.41, 5.74) is 6.81. The first-order valence-corrected chi connectivity index (χ1v) is 7.79. The van der Waals surface area contributed by atoms with Crippen molar-refractivity contribution in [3.05, 3.63) is 28.2 Å². The number of esters is 1. The van der Waals surface area contributed by atoms with E-state index in [0.29, 0.717) is 23.9 Å². The number of hydrogen-bond donors (Lipinski definition) is 1. The third-order valence-corrected chi connectivity index (χ3v) is 4.56. The lowest BCUT2D eigenvalue weighted by atomic mass is 10.0. The number of piperidine rings is 1. The molecule has 1 aromatic rings. The number of anilines is 1. The molecular weight excluding hydrogens is 320 g/mol. The lowest BCUT2D eigenvalue weighted by molar-refractivity contribution is 0.0450. The highest BCUT2D eigenvalue weighted by Gasteiger charge is 2.19. The SMILES string of the molecule is CN1CCCCC1CCOC(=O)c1ccc(Br)c(N)c1. The second-order valence-corrected chi connectivity index (χ2v) is 6.15. The van der Waals surface area contributed by atoms with Gasteiger partial charge in [-0.2, -0.15) is 0 Å². The van der Waals surface area contributed by atoms with Crippen molar-refractivity contribution in [1.29, 1.82) is 0 Å². The Bertz CT molecular complexity index is 479. The summed E-state index contributed by atoms with van der Waals surface area (Å²) in [5.74, 6) is -0.303. The van der Waals surface area contributed by atoms with Gasteiger partial charge in [-0.3, -0.25) is 0 Å². The molecule has 2 rings (SSSR count). The number of carbonyl (C=O) groups excluding carboxylic acids is 1. The molecule has 0 saturated carbocycles. The molecule has 1 aliphatic rings. The van der Waals surface area contributed by atoms with E-state index >= 15 is 0 Å². The number of ether oxygens (including phenoxy) is 1. The molecule has 1 unspecified atom stereocenters. The van der Waals surface area contributed by atoms with Crippen molar-refractivity contribution in [3.8, 4) is 0 Å². The average Bonchev–Trinajstić information content (AvgIpc) is 2.44. The van der Waals surface area contributed by atoms with E-state index < -0.39 is 0 Å². The first-order chi connectivity index (χ1) is 9.58. The summed E-state index contributed by atoms with van der Waals surface area (Å²) < 4.78 is 6.13. The third-order valence-electron chi connectivity index (χ3n) is 3.84. The molecule has 1 aliphatic heterocycles. The van der Waals surface area contributed by atoms with Crippen molar-refractivity contribution in [3.63, 3.8) is 0 Å². The molecule has 2 N–H and O–H groups in total. The molecule has 1 atom stereocenters. The standard InChI is InChI=1S/C15H21BrN2O2/c1-18-8-3-2-4-12(18)7-9-20-15(19)11-5-6-13(16)14(17)10-11/h5-6,10,12H,2-4,7-9,17H2,1H3. The molecule has 20 heavy (non-hydrogen) atoms. The van der Waals surface area contributed by atoms with E-state index in [-0.39, 0.29) is 5.97 Å². The van der Waals surface area contributed by atoms with Crippen LogP contribution in [0.15, 0.2) is 22.7 Å². The highest BCUT2D eigenvalue weighted by molar-refractivity contribution is 9.10. The Kier molecular flexibility index (Phi) is 5.43. The fourth-order valence-corrected chi connectivity index (χ4v) is 2.80. The van der Waals surface area contributed by atoms with Crippen molar-refractivity contribution in [2.75, 3.05) is 25.9 Å². The first-order valence-electron chi connectivity index (χ1n) is 7.00. The van der Waals surface area contributed by atoms with Crippen LogP contribution in [-0.4, -0.2) is 37.1 Å². The summed E-state index contributed by atoms with van der Waals surface area (Å²) in [4.78, 5) is 14.3. The Morgan fingerprint density at radius 3 is 3.00 bits per heavy atom.